The minimum absolute atomic E-state index is 0.0258. The molecule has 3 aromatic heterocycles. The van der Waals surface area contributed by atoms with Crippen molar-refractivity contribution in [1.29, 1.82) is 0 Å². The fourth-order valence-electron chi connectivity index (χ4n) is 4.45. The Morgan fingerprint density at radius 1 is 1.22 bits per heavy atom. The van der Waals surface area contributed by atoms with E-state index in [2.05, 4.69) is 15.4 Å². The van der Waals surface area contributed by atoms with Gasteiger partial charge in [0.05, 0.1) is 18.0 Å². The van der Waals surface area contributed by atoms with Gasteiger partial charge in [-0.1, -0.05) is 0 Å². The second kappa shape index (κ2) is 10.2. The summed E-state index contributed by atoms with van der Waals surface area (Å²) in [6.07, 6.45) is 6.13. The number of aromatic nitrogens is 4. The highest BCUT2D eigenvalue weighted by Crippen LogP contribution is 2.30. The topological polar surface area (TPSA) is 146 Å². The van der Waals surface area contributed by atoms with Crippen molar-refractivity contribution in [3.63, 3.8) is 0 Å². The third kappa shape index (κ3) is 5.58. The van der Waals surface area contributed by atoms with Crippen molar-refractivity contribution < 1.29 is 19.1 Å². The second-order valence-corrected chi connectivity index (χ2v) is 10.1. The first-order chi connectivity index (χ1) is 17.5. The van der Waals surface area contributed by atoms with E-state index < -0.39 is 17.6 Å². The van der Waals surface area contributed by atoms with E-state index in [0.29, 0.717) is 11.4 Å². The number of methoxy groups -OCH3 is 1. The molecule has 1 fully saturated rings. The van der Waals surface area contributed by atoms with Crippen LogP contribution < -0.4 is 21.5 Å². The third-order valence-electron chi connectivity index (χ3n) is 6.34. The van der Waals surface area contributed by atoms with E-state index in [1.165, 1.54) is 22.7 Å². The van der Waals surface area contributed by atoms with Crippen LogP contribution >= 0.6 is 0 Å². The van der Waals surface area contributed by atoms with Gasteiger partial charge in [-0.3, -0.25) is 14.5 Å². The minimum Gasteiger partial charge on any atom is -0.443 e. The Morgan fingerprint density at radius 3 is 2.54 bits per heavy atom. The van der Waals surface area contributed by atoms with Crippen molar-refractivity contribution in [2.45, 2.75) is 64.2 Å². The van der Waals surface area contributed by atoms with E-state index in [0.717, 1.165) is 25.7 Å². The molecule has 1 aliphatic rings. The van der Waals surface area contributed by atoms with Gasteiger partial charge in [0.25, 0.3) is 11.5 Å². The fourth-order valence-corrected chi connectivity index (χ4v) is 4.45. The third-order valence-corrected chi connectivity index (χ3v) is 6.34. The molecular weight excluding hydrogens is 478 g/mol. The van der Waals surface area contributed by atoms with Gasteiger partial charge in [0.2, 0.25) is 0 Å². The highest BCUT2D eigenvalue weighted by atomic mass is 16.6. The summed E-state index contributed by atoms with van der Waals surface area (Å²) < 4.78 is 13.9. The molecule has 0 saturated heterocycles. The number of carbonyl (C=O) groups is 2. The Bertz CT molecular complexity index is 1370. The molecule has 2 amide bonds. The lowest BCUT2D eigenvalue weighted by Gasteiger charge is -2.29. The monoisotopic (exact) mass is 511 g/mol. The van der Waals surface area contributed by atoms with Crippen LogP contribution in [0.15, 0.2) is 35.4 Å². The molecule has 0 bridgehead atoms. The molecular formula is C25H33N7O5. The average molecular weight is 512 g/mol. The van der Waals surface area contributed by atoms with Crippen LogP contribution in [0.5, 0.6) is 0 Å². The first-order valence-corrected chi connectivity index (χ1v) is 12.1. The lowest BCUT2D eigenvalue weighted by molar-refractivity contribution is 0.0579. The van der Waals surface area contributed by atoms with Gasteiger partial charge in [-0.2, -0.15) is 0 Å². The number of anilines is 3. The summed E-state index contributed by atoms with van der Waals surface area (Å²) in [7, 11) is 3.24. The number of primary amides is 1. The van der Waals surface area contributed by atoms with Crippen LogP contribution in [0.4, 0.5) is 22.0 Å². The van der Waals surface area contributed by atoms with E-state index in [-0.39, 0.29) is 34.9 Å². The molecule has 0 spiro atoms. The van der Waals surface area contributed by atoms with Gasteiger partial charge in [0.1, 0.15) is 17.0 Å². The zero-order chi connectivity index (χ0) is 26.9. The Morgan fingerprint density at radius 2 is 1.92 bits per heavy atom. The number of ether oxygens (including phenoxy) is 2. The largest absolute Gasteiger partial charge is 0.443 e. The van der Waals surface area contributed by atoms with Gasteiger partial charge in [0.15, 0.2) is 11.5 Å². The molecule has 1 saturated carbocycles. The molecule has 3 N–H and O–H groups in total. The number of nitrogens with two attached hydrogens (primary N) is 1. The summed E-state index contributed by atoms with van der Waals surface area (Å²) >= 11 is 0. The predicted molar refractivity (Wildman–Crippen MR) is 138 cm³/mol. The normalized spacial score (nSPS) is 18.0. The lowest BCUT2D eigenvalue weighted by atomic mass is 9.92. The molecule has 4 rings (SSSR count). The minimum atomic E-state index is -0.739. The van der Waals surface area contributed by atoms with Crippen molar-refractivity contribution in [2.24, 2.45) is 5.73 Å². The number of nitrogens with one attached hydrogen (secondary N) is 1. The van der Waals surface area contributed by atoms with Crippen LogP contribution in [0.2, 0.25) is 0 Å². The Balaban J connectivity index is 1.71. The van der Waals surface area contributed by atoms with Gasteiger partial charge >= 0.3 is 6.09 Å². The number of imidazole rings is 1. The van der Waals surface area contributed by atoms with Gasteiger partial charge in [-0.25, -0.2) is 14.3 Å². The van der Waals surface area contributed by atoms with E-state index in [9.17, 15) is 14.4 Å². The molecule has 3 aromatic rings. The van der Waals surface area contributed by atoms with Crippen LogP contribution in [0.1, 0.15) is 63.0 Å². The molecule has 0 unspecified atom stereocenters. The highest BCUT2D eigenvalue weighted by Gasteiger charge is 2.26. The van der Waals surface area contributed by atoms with Crippen molar-refractivity contribution >= 4 is 34.8 Å². The SMILES string of the molecule is COC1CCC(n2cccc(Nc3cc(N(C)C(=O)OC(C)(C)C)c4ncc(C(N)=O)n4n3)c2=O)CC1. The number of pyridine rings is 1. The number of rotatable bonds is 6. The Kier molecular flexibility index (Phi) is 7.21. The molecule has 198 valence electrons. The van der Waals surface area contributed by atoms with Crippen LogP contribution in [-0.4, -0.2) is 57.0 Å². The summed E-state index contributed by atoms with van der Waals surface area (Å²) in [5.41, 5.74) is 5.46. The molecule has 12 heteroatoms. The highest BCUT2D eigenvalue weighted by molar-refractivity contribution is 5.96. The molecule has 1 aliphatic carbocycles. The number of hydrogen-bond donors (Lipinski definition) is 2. The Hall–Kier alpha value is -3.93. The molecule has 3 heterocycles. The van der Waals surface area contributed by atoms with Gasteiger partial charge in [-0.15, -0.1) is 5.10 Å². The van der Waals surface area contributed by atoms with E-state index in [1.54, 1.807) is 56.8 Å². The number of carbonyl (C=O) groups excluding carboxylic acids is 2. The quantitative estimate of drug-likeness (QED) is 0.513. The number of nitrogens with zero attached hydrogens (tertiary/aromatic N) is 5. The summed E-state index contributed by atoms with van der Waals surface area (Å²) in [4.78, 5) is 43.7. The number of hydrogen-bond acceptors (Lipinski definition) is 8. The maximum absolute atomic E-state index is 13.4. The molecule has 0 aromatic carbocycles. The zero-order valence-electron chi connectivity index (χ0n) is 21.7. The predicted octanol–water partition coefficient (Wildman–Crippen LogP) is 3.23. The zero-order valence-corrected chi connectivity index (χ0v) is 21.7. The smallest absolute Gasteiger partial charge is 0.414 e. The van der Waals surface area contributed by atoms with Crippen molar-refractivity contribution in [1.82, 2.24) is 19.2 Å². The van der Waals surface area contributed by atoms with Gasteiger partial charge in [-0.05, 0) is 58.6 Å². The first kappa shape index (κ1) is 26.1. The van der Waals surface area contributed by atoms with Crippen LogP contribution in [0.25, 0.3) is 5.65 Å². The molecule has 0 atom stereocenters. The number of fused-ring (bicyclic) bond motifs is 1. The van der Waals surface area contributed by atoms with Gasteiger partial charge in [0, 0.05) is 32.5 Å². The lowest BCUT2D eigenvalue weighted by Crippen LogP contribution is -2.34. The summed E-state index contributed by atoms with van der Waals surface area (Å²) in [5, 5.41) is 7.49. The molecule has 0 aliphatic heterocycles. The molecule has 37 heavy (non-hydrogen) atoms. The van der Waals surface area contributed by atoms with Crippen LogP contribution in [-0.2, 0) is 9.47 Å². The standard InChI is InChI=1S/C25H33N7O5/c1-25(2,3)37-24(35)30(4)18-13-20(29-32-19(21(26)33)14-27-22(18)32)28-17-7-6-12-31(23(17)34)15-8-10-16(36-5)11-9-15/h6-7,12-16H,8-11H2,1-5H3,(H2,26,33)(H,28,29). The summed E-state index contributed by atoms with van der Waals surface area (Å²) in [5.74, 6) is -0.520. The van der Waals surface area contributed by atoms with Crippen molar-refractivity contribution in [2.75, 3.05) is 24.4 Å². The fraction of sp³-hybridized carbons (Fsp3) is 0.480. The van der Waals surface area contributed by atoms with Crippen molar-refractivity contribution in [3.8, 4) is 0 Å². The number of amides is 2. The van der Waals surface area contributed by atoms with E-state index in [4.69, 9.17) is 15.2 Å². The second-order valence-electron chi connectivity index (χ2n) is 10.1. The maximum atomic E-state index is 13.4. The molecule has 0 radical (unpaired) electrons. The van der Waals surface area contributed by atoms with E-state index >= 15 is 0 Å². The van der Waals surface area contributed by atoms with Crippen molar-refractivity contribution in [3.05, 3.63) is 46.6 Å². The summed E-state index contributed by atoms with van der Waals surface area (Å²) in [6.45, 7) is 5.28. The van der Waals surface area contributed by atoms with E-state index in [1.807, 2.05) is 0 Å². The Labute approximate surface area is 214 Å². The molecule has 12 nitrogen and oxygen atoms in total. The van der Waals surface area contributed by atoms with Crippen LogP contribution in [0, 0.1) is 0 Å². The summed E-state index contributed by atoms with van der Waals surface area (Å²) in [6, 6.07) is 5.09. The first-order valence-electron chi connectivity index (χ1n) is 12.1. The average Bonchev–Trinajstić information content (AvgIpc) is 3.28. The van der Waals surface area contributed by atoms with Gasteiger partial charge < -0.3 is 25.1 Å². The van der Waals surface area contributed by atoms with Crippen LogP contribution in [0.3, 0.4) is 0 Å². The maximum Gasteiger partial charge on any atom is 0.414 e.